The number of thiazole rings is 1. The van der Waals surface area contributed by atoms with E-state index < -0.39 is 11.8 Å². The average Bonchev–Trinajstić information content (AvgIpc) is 2.71. The second-order valence-corrected chi connectivity index (χ2v) is 5.61. The van der Waals surface area contributed by atoms with Crippen LogP contribution < -0.4 is 4.74 Å². The predicted octanol–water partition coefficient (Wildman–Crippen LogP) is 3.42. The molecule has 1 N–H and O–H groups in total. The fourth-order valence-electron chi connectivity index (χ4n) is 1.36. The predicted molar refractivity (Wildman–Crippen MR) is 68.7 cm³/mol. The zero-order chi connectivity index (χ0) is 13.3. The van der Waals surface area contributed by atoms with E-state index in [0.717, 1.165) is 11.3 Å². The number of hydrogen-bond acceptors (Lipinski definition) is 4. The van der Waals surface area contributed by atoms with Crippen LogP contribution in [0.4, 0.5) is 4.39 Å². The van der Waals surface area contributed by atoms with E-state index in [4.69, 9.17) is 9.84 Å². The summed E-state index contributed by atoms with van der Waals surface area (Å²) in [6.07, 6.45) is 0. The lowest BCUT2D eigenvalue weighted by Crippen LogP contribution is -1.97. The molecule has 0 radical (unpaired) electrons. The quantitative estimate of drug-likeness (QED) is 0.936. The molecule has 7 heteroatoms. The summed E-state index contributed by atoms with van der Waals surface area (Å²) in [6, 6.07) is 4.36. The number of rotatable bonds is 3. The summed E-state index contributed by atoms with van der Waals surface area (Å²) >= 11 is 4.25. The maximum Gasteiger partial charge on any atom is 0.356 e. The van der Waals surface area contributed by atoms with Gasteiger partial charge in [-0.25, -0.2) is 14.2 Å². The number of carboxylic acid groups (broad SMARTS) is 1. The molecule has 94 valence electrons. The van der Waals surface area contributed by atoms with Crippen molar-refractivity contribution in [2.75, 3.05) is 7.11 Å². The molecule has 0 saturated carbocycles. The summed E-state index contributed by atoms with van der Waals surface area (Å²) < 4.78 is 18.7. The topological polar surface area (TPSA) is 59.4 Å². The Morgan fingerprint density at radius 2 is 2.28 bits per heavy atom. The molecular formula is C11H7BrFNO3S. The first-order valence-corrected chi connectivity index (χ1v) is 6.37. The molecule has 0 fully saturated rings. The average molecular weight is 332 g/mol. The number of carbonyl (C=O) groups is 1. The molecule has 0 amide bonds. The van der Waals surface area contributed by atoms with Crippen molar-refractivity contribution >= 4 is 33.2 Å². The van der Waals surface area contributed by atoms with Crippen LogP contribution in [0, 0.1) is 5.82 Å². The Balaban J connectivity index is 2.46. The van der Waals surface area contributed by atoms with Crippen molar-refractivity contribution < 1.29 is 19.0 Å². The van der Waals surface area contributed by atoms with E-state index in [1.165, 1.54) is 19.2 Å². The zero-order valence-electron chi connectivity index (χ0n) is 9.11. The van der Waals surface area contributed by atoms with Crippen molar-refractivity contribution in [3.8, 4) is 16.3 Å². The van der Waals surface area contributed by atoms with Crippen molar-refractivity contribution in [1.82, 2.24) is 4.98 Å². The first-order valence-electron chi connectivity index (χ1n) is 4.76. The normalized spacial score (nSPS) is 10.4. The Morgan fingerprint density at radius 1 is 1.56 bits per heavy atom. The van der Waals surface area contributed by atoms with Gasteiger partial charge < -0.3 is 9.84 Å². The van der Waals surface area contributed by atoms with Gasteiger partial charge in [0.05, 0.1) is 7.11 Å². The smallest absolute Gasteiger partial charge is 0.356 e. The molecule has 0 aliphatic rings. The fraction of sp³-hybridized carbons (Fsp3) is 0.0909. The molecule has 18 heavy (non-hydrogen) atoms. The highest BCUT2D eigenvalue weighted by molar-refractivity contribution is 9.11. The molecule has 1 aromatic carbocycles. The van der Waals surface area contributed by atoms with Crippen LogP contribution in [0.2, 0.25) is 0 Å². The summed E-state index contributed by atoms with van der Waals surface area (Å²) in [6.45, 7) is 0. The lowest BCUT2D eigenvalue weighted by atomic mass is 10.2. The number of halogens is 2. The Bertz CT molecular complexity index is 614. The van der Waals surface area contributed by atoms with Crippen molar-refractivity contribution in [2.24, 2.45) is 0 Å². The molecule has 0 spiro atoms. The molecule has 0 atom stereocenters. The maximum atomic E-state index is 13.5. The third-order valence-electron chi connectivity index (χ3n) is 2.19. The van der Waals surface area contributed by atoms with Crippen molar-refractivity contribution in [3.63, 3.8) is 0 Å². The largest absolute Gasteiger partial charge is 0.494 e. The highest BCUT2D eigenvalue weighted by atomic mass is 79.9. The zero-order valence-corrected chi connectivity index (χ0v) is 11.5. The minimum absolute atomic E-state index is 0.0776. The Hall–Kier alpha value is -1.47. The van der Waals surface area contributed by atoms with Crippen molar-refractivity contribution in [1.29, 1.82) is 0 Å². The molecule has 4 nitrogen and oxygen atoms in total. The molecule has 0 bridgehead atoms. The van der Waals surface area contributed by atoms with Gasteiger partial charge in [0.15, 0.2) is 17.3 Å². The summed E-state index contributed by atoms with van der Waals surface area (Å²) in [5.74, 6) is -1.51. The number of methoxy groups -OCH3 is 1. The number of benzene rings is 1. The standard InChI is InChI=1S/C11H7BrFNO3S/c1-17-7-3-2-5(4-6(7)13)10-14-8(11(15)16)9(12)18-10/h2-4H,1H3,(H,15,16). The molecule has 2 rings (SSSR count). The van der Waals surface area contributed by atoms with Crippen LogP contribution in [0.15, 0.2) is 22.0 Å². The highest BCUT2D eigenvalue weighted by Gasteiger charge is 2.17. The van der Waals surface area contributed by atoms with Crippen molar-refractivity contribution in [2.45, 2.75) is 0 Å². The van der Waals surface area contributed by atoms with Crippen LogP contribution in [0.5, 0.6) is 5.75 Å². The van der Waals surface area contributed by atoms with E-state index in [9.17, 15) is 9.18 Å². The van der Waals surface area contributed by atoms with Crippen LogP contribution in [0.25, 0.3) is 10.6 Å². The van der Waals surface area contributed by atoms with Gasteiger partial charge in [-0.1, -0.05) is 0 Å². The third-order valence-corrected chi connectivity index (χ3v) is 3.94. The van der Waals surface area contributed by atoms with Gasteiger partial charge in [0.1, 0.15) is 8.79 Å². The summed E-state index contributed by atoms with van der Waals surface area (Å²) in [4.78, 5) is 14.8. The van der Waals surface area contributed by atoms with Crippen LogP contribution in [0.3, 0.4) is 0 Å². The van der Waals surface area contributed by atoms with Gasteiger partial charge in [0.2, 0.25) is 0 Å². The van der Waals surface area contributed by atoms with Gasteiger partial charge in [0, 0.05) is 5.56 Å². The minimum atomic E-state index is -1.13. The van der Waals surface area contributed by atoms with E-state index in [0.29, 0.717) is 14.4 Å². The van der Waals surface area contributed by atoms with Crippen LogP contribution >= 0.6 is 27.3 Å². The molecule has 2 aromatic rings. The maximum absolute atomic E-state index is 13.5. The molecule has 0 aliphatic heterocycles. The van der Waals surface area contributed by atoms with Crippen LogP contribution in [0.1, 0.15) is 10.5 Å². The molecule has 0 aliphatic carbocycles. The van der Waals surface area contributed by atoms with Crippen molar-refractivity contribution in [3.05, 3.63) is 33.5 Å². The lowest BCUT2D eigenvalue weighted by Gasteiger charge is -2.02. The Kier molecular flexibility index (Phi) is 3.63. The van der Waals surface area contributed by atoms with Crippen LogP contribution in [-0.2, 0) is 0 Å². The monoisotopic (exact) mass is 331 g/mol. The van der Waals surface area contributed by atoms with E-state index in [2.05, 4.69) is 20.9 Å². The summed E-state index contributed by atoms with van der Waals surface area (Å²) in [7, 11) is 1.38. The first kappa shape index (κ1) is 13.0. The SMILES string of the molecule is COc1ccc(-c2nc(C(=O)O)c(Br)s2)cc1F. The number of aromatic carboxylic acids is 1. The van der Waals surface area contributed by atoms with Gasteiger partial charge in [-0.3, -0.25) is 0 Å². The Morgan fingerprint density at radius 3 is 2.78 bits per heavy atom. The van der Waals surface area contributed by atoms with Gasteiger partial charge in [-0.05, 0) is 34.1 Å². The minimum Gasteiger partial charge on any atom is -0.494 e. The van der Waals surface area contributed by atoms with E-state index in [1.54, 1.807) is 6.07 Å². The fourth-order valence-corrected chi connectivity index (χ4v) is 2.86. The summed E-state index contributed by atoms with van der Waals surface area (Å²) in [5.41, 5.74) is 0.428. The molecule has 1 heterocycles. The number of ether oxygens (including phenoxy) is 1. The van der Waals surface area contributed by atoms with Crippen LogP contribution in [-0.4, -0.2) is 23.2 Å². The highest BCUT2D eigenvalue weighted by Crippen LogP contribution is 2.33. The molecular weight excluding hydrogens is 325 g/mol. The van der Waals surface area contributed by atoms with E-state index in [1.807, 2.05) is 0 Å². The van der Waals surface area contributed by atoms with Gasteiger partial charge >= 0.3 is 5.97 Å². The number of nitrogens with zero attached hydrogens (tertiary/aromatic N) is 1. The molecule has 1 aromatic heterocycles. The van der Waals surface area contributed by atoms with E-state index >= 15 is 0 Å². The first-order chi connectivity index (χ1) is 8.52. The van der Waals surface area contributed by atoms with Gasteiger partial charge in [-0.15, -0.1) is 11.3 Å². The second kappa shape index (κ2) is 5.03. The lowest BCUT2D eigenvalue weighted by molar-refractivity contribution is 0.0690. The molecule has 0 saturated heterocycles. The van der Waals surface area contributed by atoms with E-state index in [-0.39, 0.29) is 11.4 Å². The third kappa shape index (κ3) is 2.37. The number of aromatic nitrogens is 1. The van der Waals surface area contributed by atoms with Gasteiger partial charge in [-0.2, -0.15) is 0 Å². The van der Waals surface area contributed by atoms with Gasteiger partial charge in [0.25, 0.3) is 0 Å². The number of hydrogen-bond donors (Lipinski definition) is 1. The Labute approximate surface area is 114 Å². The second-order valence-electron chi connectivity index (χ2n) is 3.30. The summed E-state index contributed by atoms with van der Waals surface area (Å²) in [5, 5.41) is 9.31. The number of carboxylic acids is 1. The molecule has 0 unspecified atom stereocenters.